The van der Waals surface area contributed by atoms with Gasteiger partial charge in [-0.15, -0.1) is 24.0 Å². The molecule has 0 bridgehead atoms. The molecule has 0 aromatic rings. The maximum Gasteiger partial charge on any atom is 0.191 e. The lowest BCUT2D eigenvalue weighted by Gasteiger charge is -2.39. The van der Waals surface area contributed by atoms with E-state index in [-0.39, 0.29) is 24.0 Å². The van der Waals surface area contributed by atoms with Gasteiger partial charge in [-0.25, -0.2) is 0 Å². The van der Waals surface area contributed by atoms with E-state index in [2.05, 4.69) is 27.4 Å². The molecule has 1 heterocycles. The van der Waals surface area contributed by atoms with Crippen LogP contribution in [0.5, 0.6) is 0 Å². The SMILES string of the molecule is CN=C(NCC1(C)CCCC1)NC1CCN(C2CCCCC2)CC1.I. The van der Waals surface area contributed by atoms with Gasteiger partial charge in [0.15, 0.2) is 5.96 Å². The van der Waals surface area contributed by atoms with Gasteiger partial charge in [-0.05, 0) is 43.9 Å². The predicted octanol–water partition coefficient (Wildman–Crippen LogP) is 4.15. The van der Waals surface area contributed by atoms with Crippen molar-refractivity contribution in [3.8, 4) is 0 Å². The van der Waals surface area contributed by atoms with E-state index in [9.17, 15) is 0 Å². The van der Waals surface area contributed by atoms with E-state index in [1.54, 1.807) is 0 Å². The fourth-order valence-corrected chi connectivity index (χ4v) is 4.95. The Morgan fingerprint density at radius 1 is 1.00 bits per heavy atom. The monoisotopic (exact) mass is 462 g/mol. The van der Waals surface area contributed by atoms with Crippen LogP contribution in [0.4, 0.5) is 0 Å². The summed E-state index contributed by atoms with van der Waals surface area (Å²) in [6.07, 6.45) is 15.2. The van der Waals surface area contributed by atoms with Crippen LogP contribution in [-0.2, 0) is 0 Å². The highest BCUT2D eigenvalue weighted by atomic mass is 127. The normalized spacial score (nSPS) is 26.2. The van der Waals surface area contributed by atoms with Gasteiger partial charge in [0.2, 0.25) is 0 Å². The quantitative estimate of drug-likeness (QED) is 0.375. The molecule has 146 valence electrons. The highest BCUT2D eigenvalue weighted by molar-refractivity contribution is 14.0. The highest BCUT2D eigenvalue weighted by Gasteiger charge is 2.29. The second kappa shape index (κ2) is 10.3. The minimum absolute atomic E-state index is 0. The standard InChI is InChI=1S/C20H38N4.HI/c1-20(12-6-7-13-20)16-22-19(21-2)23-17-10-14-24(15-11-17)18-8-4-3-5-9-18;/h17-18H,3-16H2,1-2H3,(H2,21,22,23);1H. The number of nitrogens with one attached hydrogen (secondary N) is 2. The third-order valence-electron chi connectivity index (χ3n) is 6.68. The van der Waals surface area contributed by atoms with Crippen LogP contribution in [-0.4, -0.2) is 49.6 Å². The van der Waals surface area contributed by atoms with Crippen LogP contribution in [0, 0.1) is 5.41 Å². The number of guanidine groups is 1. The van der Waals surface area contributed by atoms with Gasteiger partial charge in [-0.3, -0.25) is 4.99 Å². The molecule has 5 heteroatoms. The van der Waals surface area contributed by atoms with Crippen LogP contribution in [0.3, 0.4) is 0 Å². The molecule has 0 aromatic carbocycles. The Hall–Kier alpha value is -0.0400. The first-order valence-electron chi connectivity index (χ1n) is 10.4. The molecule has 0 radical (unpaired) electrons. The van der Waals surface area contributed by atoms with E-state index < -0.39 is 0 Å². The van der Waals surface area contributed by atoms with Gasteiger partial charge >= 0.3 is 0 Å². The first kappa shape index (κ1) is 21.3. The van der Waals surface area contributed by atoms with Crippen molar-refractivity contribution in [1.82, 2.24) is 15.5 Å². The topological polar surface area (TPSA) is 39.7 Å². The smallest absolute Gasteiger partial charge is 0.191 e. The molecule has 0 atom stereocenters. The summed E-state index contributed by atoms with van der Waals surface area (Å²) in [6, 6.07) is 1.46. The predicted molar refractivity (Wildman–Crippen MR) is 118 cm³/mol. The van der Waals surface area contributed by atoms with Crippen molar-refractivity contribution in [3.05, 3.63) is 0 Å². The molecule has 0 spiro atoms. The van der Waals surface area contributed by atoms with Crippen molar-refractivity contribution >= 4 is 29.9 Å². The van der Waals surface area contributed by atoms with Gasteiger partial charge in [0.25, 0.3) is 0 Å². The zero-order valence-electron chi connectivity index (χ0n) is 16.4. The Morgan fingerprint density at radius 3 is 2.24 bits per heavy atom. The van der Waals surface area contributed by atoms with Crippen LogP contribution in [0.2, 0.25) is 0 Å². The van der Waals surface area contributed by atoms with Gasteiger partial charge < -0.3 is 15.5 Å². The van der Waals surface area contributed by atoms with Crippen LogP contribution in [0.1, 0.15) is 77.6 Å². The van der Waals surface area contributed by atoms with Crippen molar-refractivity contribution in [3.63, 3.8) is 0 Å². The number of halogens is 1. The summed E-state index contributed by atoms with van der Waals surface area (Å²) in [5.74, 6) is 1.01. The van der Waals surface area contributed by atoms with Crippen LogP contribution >= 0.6 is 24.0 Å². The van der Waals surface area contributed by atoms with Gasteiger partial charge in [-0.1, -0.05) is 39.0 Å². The Balaban J connectivity index is 0.00000225. The molecule has 3 aliphatic rings. The summed E-state index contributed by atoms with van der Waals surface area (Å²) in [6.45, 7) is 6.00. The third-order valence-corrected chi connectivity index (χ3v) is 6.68. The van der Waals surface area contributed by atoms with E-state index in [0.29, 0.717) is 11.5 Å². The number of nitrogens with zero attached hydrogens (tertiary/aromatic N) is 2. The molecule has 2 saturated carbocycles. The molecule has 25 heavy (non-hydrogen) atoms. The largest absolute Gasteiger partial charge is 0.356 e. The van der Waals surface area contributed by atoms with Gasteiger partial charge in [0.05, 0.1) is 0 Å². The van der Waals surface area contributed by atoms with E-state index in [1.807, 2.05) is 7.05 Å². The molecule has 2 aliphatic carbocycles. The lowest BCUT2D eigenvalue weighted by Crippen LogP contribution is -2.51. The second-order valence-corrected chi connectivity index (χ2v) is 8.69. The van der Waals surface area contributed by atoms with E-state index in [4.69, 9.17) is 0 Å². The first-order chi connectivity index (χ1) is 11.7. The Bertz CT molecular complexity index is 406. The lowest BCUT2D eigenvalue weighted by molar-refractivity contribution is 0.119. The van der Waals surface area contributed by atoms with Crippen molar-refractivity contribution in [2.45, 2.75) is 89.6 Å². The molecule has 0 amide bonds. The molecule has 1 saturated heterocycles. The summed E-state index contributed by atoms with van der Waals surface area (Å²) in [5, 5.41) is 7.28. The van der Waals surface area contributed by atoms with Gasteiger partial charge in [0.1, 0.15) is 0 Å². The zero-order valence-corrected chi connectivity index (χ0v) is 18.7. The Kier molecular flexibility index (Phi) is 8.79. The molecule has 3 rings (SSSR count). The Morgan fingerprint density at radius 2 is 1.64 bits per heavy atom. The van der Waals surface area contributed by atoms with Crippen LogP contribution < -0.4 is 10.6 Å². The van der Waals surface area contributed by atoms with Crippen molar-refractivity contribution in [1.29, 1.82) is 0 Å². The fraction of sp³-hybridized carbons (Fsp3) is 0.950. The fourth-order valence-electron chi connectivity index (χ4n) is 4.95. The first-order valence-corrected chi connectivity index (χ1v) is 10.4. The second-order valence-electron chi connectivity index (χ2n) is 8.69. The minimum atomic E-state index is 0. The maximum absolute atomic E-state index is 4.46. The average Bonchev–Trinajstić information content (AvgIpc) is 3.07. The molecule has 0 unspecified atom stereocenters. The average molecular weight is 462 g/mol. The van der Waals surface area contributed by atoms with Crippen LogP contribution in [0.15, 0.2) is 4.99 Å². The summed E-state index contributed by atoms with van der Waals surface area (Å²) in [7, 11) is 1.91. The van der Waals surface area contributed by atoms with Gasteiger partial charge in [-0.2, -0.15) is 0 Å². The summed E-state index contributed by atoms with van der Waals surface area (Å²) >= 11 is 0. The number of hydrogen-bond donors (Lipinski definition) is 2. The molecular formula is C20H39IN4. The number of aliphatic imine (C=N–C) groups is 1. The van der Waals surface area contributed by atoms with Crippen molar-refractivity contribution in [2.24, 2.45) is 10.4 Å². The van der Waals surface area contributed by atoms with E-state index >= 15 is 0 Å². The molecule has 2 N–H and O–H groups in total. The summed E-state index contributed by atoms with van der Waals surface area (Å²) in [4.78, 5) is 7.22. The number of hydrogen-bond acceptors (Lipinski definition) is 2. The molecule has 3 fully saturated rings. The Labute approximate surface area is 172 Å². The molecule has 1 aliphatic heterocycles. The van der Waals surface area contributed by atoms with Crippen LogP contribution in [0.25, 0.3) is 0 Å². The van der Waals surface area contributed by atoms with E-state index in [0.717, 1.165) is 18.5 Å². The van der Waals surface area contributed by atoms with Gasteiger partial charge in [0, 0.05) is 38.8 Å². The number of piperidine rings is 1. The van der Waals surface area contributed by atoms with Crippen molar-refractivity contribution < 1.29 is 0 Å². The van der Waals surface area contributed by atoms with Crippen molar-refractivity contribution in [2.75, 3.05) is 26.7 Å². The molecule has 4 nitrogen and oxygen atoms in total. The third kappa shape index (κ3) is 6.26. The number of likely N-dealkylation sites (tertiary alicyclic amines) is 1. The number of rotatable bonds is 4. The molecule has 0 aromatic heterocycles. The lowest BCUT2D eigenvalue weighted by atomic mass is 9.89. The zero-order chi connectivity index (χ0) is 16.8. The van der Waals surface area contributed by atoms with E-state index in [1.165, 1.54) is 83.7 Å². The summed E-state index contributed by atoms with van der Waals surface area (Å²) < 4.78 is 0. The summed E-state index contributed by atoms with van der Waals surface area (Å²) in [5.41, 5.74) is 0.474. The maximum atomic E-state index is 4.46. The highest BCUT2D eigenvalue weighted by Crippen LogP contribution is 2.36. The molecular weight excluding hydrogens is 423 g/mol. The minimum Gasteiger partial charge on any atom is -0.356 e.